The molecule has 8 heteroatoms. The number of carbonyl (C=O) groups is 1. The quantitative estimate of drug-likeness (QED) is 0.604. The van der Waals surface area contributed by atoms with E-state index in [-0.39, 0.29) is 30.0 Å². The van der Waals surface area contributed by atoms with Crippen LogP contribution in [0.2, 0.25) is 0 Å². The van der Waals surface area contributed by atoms with Crippen molar-refractivity contribution in [1.29, 1.82) is 0 Å². The minimum atomic E-state index is -3.13. The van der Waals surface area contributed by atoms with Gasteiger partial charge in [-0.25, -0.2) is 12.7 Å². The third-order valence-corrected chi connectivity index (χ3v) is 5.83. The lowest BCUT2D eigenvalue weighted by Crippen LogP contribution is -2.44. The molecule has 1 fully saturated rings. The maximum atomic E-state index is 12.1. The number of nitrogens with one attached hydrogen (secondary N) is 2. The summed E-state index contributed by atoms with van der Waals surface area (Å²) in [5.41, 5.74) is 0. The summed E-state index contributed by atoms with van der Waals surface area (Å²) >= 11 is 0. The highest BCUT2D eigenvalue weighted by Gasteiger charge is 2.30. The summed E-state index contributed by atoms with van der Waals surface area (Å²) in [6.07, 6.45) is 3.75. The molecule has 2 N–H and O–H groups in total. The van der Waals surface area contributed by atoms with Crippen molar-refractivity contribution in [2.45, 2.75) is 39.0 Å². The van der Waals surface area contributed by atoms with Gasteiger partial charge in [0.15, 0.2) is 0 Å². The largest absolute Gasteiger partial charge is 0.356 e. The molecule has 0 aromatic heterocycles. The Morgan fingerprint density at radius 2 is 1.82 bits per heavy atom. The average molecular weight is 356 g/mol. The molecule has 1 rings (SSSR count). The molecule has 0 atom stereocenters. The van der Waals surface area contributed by atoms with Crippen LogP contribution in [0.1, 0.15) is 39.0 Å². The lowest BCUT2D eigenvalue weighted by Gasteiger charge is -2.30. The van der Waals surface area contributed by atoms with E-state index in [0.29, 0.717) is 38.9 Å². The van der Waals surface area contributed by atoms with Gasteiger partial charge in [-0.05, 0) is 39.3 Å². The zero-order chi connectivity index (χ0) is 15.7. The Hall–Kier alpha value is -0.370. The Kier molecular flexibility index (Phi) is 11.0. The lowest BCUT2D eigenvalue weighted by atomic mass is 9.97. The van der Waals surface area contributed by atoms with Crippen LogP contribution in [0.25, 0.3) is 0 Å². The molecule has 6 nitrogen and oxygen atoms in total. The highest BCUT2D eigenvalue weighted by atomic mass is 35.5. The van der Waals surface area contributed by atoms with Gasteiger partial charge in [-0.3, -0.25) is 4.79 Å². The molecular weight excluding hydrogens is 326 g/mol. The van der Waals surface area contributed by atoms with Crippen molar-refractivity contribution >= 4 is 28.3 Å². The number of amides is 1. The second-order valence-corrected chi connectivity index (χ2v) is 7.68. The summed E-state index contributed by atoms with van der Waals surface area (Å²) in [7, 11) is -1.24. The molecule has 22 heavy (non-hydrogen) atoms. The Bertz CT molecular complexity index is 410. The van der Waals surface area contributed by atoms with Gasteiger partial charge < -0.3 is 10.6 Å². The number of sulfonamides is 1. The molecule has 0 aromatic rings. The van der Waals surface area contributed by atoms with E-state index in [2.05, 4.69) is 10.6 Å². The normalized spacial score (nSPS) is 17.0. The molecule has 0 radical (unpaired) electrons. The van der Waals surface area contributed by atoms with Crippen LogP contribution in [0.4, 0.5) is 0 Å². The van der Waals surface area contributed by atoms with Crippen molar-refractivity contribution in [3.05, 3.63) is 0 Å². The summed E-state index contributed by atoms with van der Waals surface area (Å²) in [4.78, 5) is 12.0. The van der Waals surface area contributed by atoms with Gasteiger partial charge in [-0.1, -0.05) is 13.3 Å². The monoisotopic (exact) mass is 355 g/mol. The summed E-state index contributed by atoms with van der Waals surface area (Å²) < 4.78 is 25.7. The van der Waals surface area contributed by atoms with Crippen LogP contribution >= 0.6 is 12.4 Å². The number of piperidine rings is 1. The number of halogens is 1. The fraction of sp³-hybridized carbons (Fsp3) is 0.929. The first-order chi connectivity index (χ1) is 10.0. The molecule has 0 bridgehead atoms. The van der Waals surface area contributed by atoms with Gasteiger partial charge in [0.05, 0.1) is 5.75 Å². The molecular formula is C14H30ClN3O3S. The SMILES string of the molecule is CCCCS(=O)(=O)N1CCC(C(=O)NCCCNC)CC1.Cl. The van der Waals surface area contributed by atoms with Crippen molar-refractivity contribution in [3.63, 3.8) is 0 Å². The van der Waals surface area contributed by atoms with Crippen LogP contribution in [-0.2, 0) is 14.8 Å². The number of unbranched alkanes of at least 4 members (excludes halogenated alkanes) is 1. The summed E-state index contributed by atoms with van der Waals surface area (Å²) in [5, 5.41) is 5.96. The van der Waals surface area contributed by atoms with Gasteiger partial charge in [0, 0.05) is 25.6 Å². The number of hydrogen-bond acceptors (Lipinski definition) is 4. The van der Waals surface area contributed by atoms with Gasteiger partial charge in [0.1, 0.15) is 0 Å². The summed E-state index contributed by atoms with van der Waals surface area (Å²) in [6, 6.07) is 0. The van der Waals surface area contributed by atoms with E-state index in [1.807, 2.05) is 14.0 Å². The fourth-order valence-corrected chi connectivity index (χ4v) is 4.15. The van der Waals surface area contributed by atoms with E-state index in [4.69, 9.17) is 0 Å². The maximum absolute atomic E-state index is 12.1. The van der Waals surface area contributed by atoms with E-state index in [9.17, 15) is 13.2 Å². The number of rotatable bonds is 9. The second kappa shape index (κ2) is 11.2. The average Bonchev–Trinajstić information content (AvgIpc) is 2.49. The van der Waals surface area contributed by atoms with Crippen molar-refractivity contribution in [2.24, 2.45) is 5.92 Å². The number of nitrogens with zero attached hydrogens (tertiary/aromatic N) is 1. The van der Waals surface area contributed by atoms with Gasteiger partial charge in [-0.15, -0.1) is 12.4 Å². The van der Waals surface area contributed by atoms with Crippen LogP contribution in [0.15, 0.2) is 0 Å². The predicted octanol–water partition coefficient (Wildman–Crippen LogP) is 0.976. The van der Waals surface area contributed by atoms with Crippen molar-refractivity contribution in [2.75, 3.05) is 39.0 Å². The third-order valence-electron chi connectivity index (χ3n) is 3.88. The highest BCUT2D eigenvalue weighted by molar-refractivity contribution is 7.89. The first kappa shape index (κ1) is 21.6. The number of hydrogen-bond donors (Lipinski definition) is 2. The Labute approximate surface area is 140 Å². The first-order valence-corrected chi connectivity index (χ1v) is 9.52. The van der Waals surface area contributed by atoms with Gasteiger partial charge >= 0.3 is 0 Å². The van der Waals surface area contributed by atoms with E-state index >= 15 is 0 Å². The third kappa shape index (κ3) is 7.26. The smallest absolute Gasteiger partial charge is 0.223 e. The zero-order valence-corrected chi connectivity index (χ0v) is 15.3. The van der Waals surface area contributed by atoms with Gasteiger partial charge in [-0.2, -0.15) is 0 Å². The van der Waals surface area contributed by atoms with Crippen molar-refractivity contribution < 1.29 is 13.2 Å². The van der Waals surface area contributed by atoms with E-state index in [1.165, 1.54) is 0 Å². The first-order valence-electron chi connectivity index (χ1n) is 7.91. The number of carbonyl (C=O) groups excluding carboxylic acids is 1. The van der Waals surface area contributed by atoms with Gasteiger partial charge in [0.2, 0.25) is 15.9 Å². The maximum Gasteiger partial charge on any atom is 0.223 e. The van der Waals surface area contributed by atoms with E-state index in [0.717, 1.165) is 19.4 Å². The van der Waals surface area contributed by atoms with Gasteiger partial charge in [0.25, 0.3) is 0 Å². The van der Waals surface area contributed by atoms with E-state index < -0.39 is 10.0 Å². The topological polar surface area (TPSA) is 78.5 Å². The summed E-state index contributed by atoms with van der Waals surface area (Å²) in [6.45, 7) is 4.49. The molecule has 0 saturated carbocycles. The second-order valence-electron chi connectivity index (χ2n) is 5.59. The van der Waals surface area contributed by atoms with Crippen LogP contribution in [0, 0.1) is 5.92 Å². The Balaban J connectivity index is 0.00000441. The molecule has 1 aliphatic rings. The predicted molar refractivity (Wildman–Crippen MR) is 91.8 cm³/mol. The molecule has 0 spiro atoms. The summed E-state index contributed by atoms with van der Waals surface area (Å²) in [5.74, 6) is 0.249. The fourth-order valence-electron chi connectivity index (χ4n) is 2.47. The van der Waals surface area contributed by atoms with Crippen LogP contribution in [0.3, 0.4) is 0 Å². The van der Waals surface area contributed by atoms with E-state index in [1.54, 1.807) is 4.31 Å². The Morgan fingerprint density at radius 1 is 1.18 bits per heavy atom. The molecule has 1 saturated heterocycles. The standard InChI is InChI=1S/C14H29N3O3S.ClH/c1-3-4-12-21(19,20)17-10-6-13(7-11-17)14(18)16-9-5-8-15-2;/h13,15H,3-12H2,1-2H3,(H,16,18);1H. The van der Waals surface area contributed by atoms with Crippen LogP contribution in [-0.4, -0.2) is 57.6 Å². The lowest BCUT2D eigenvalue weighted by molar-refractivity contribution is -0.126. The molecule has 0 aliphatic carbocycles. The van der Waals surface area contributed by atoms with Crippen molar-refractivity contribution in [3.8, 4) is 0 Å². The Morgan fingerprint density at radius 3 is 2.36 bits per heavy atom. The minimum Gasteiger partial charge on any atom is -0.356 e. The minimum absolute atomic E-state index is 0. The highest BCUT2D eigenvalue weighted by Crippen LogP contribution is 2.20. The molecule has 0 aromatic carbocycles. The zero-order valence-electron chi connectivity index (χ0n) is 13.6. The molecule has 1 heterocycles. The molecule has 0 unspecified atom stereocenters. The molecule has 1 aliphatic heterocycles. The van der Waals surface area contributed by atoms with Crippen LogP contribution in [0.5, 0.6) is 0 Å². The molecule has 1 amide bonds. The molecule has 132 valence electrons. The van der Waals surface area contributed by atoms with Crippen LogP contribution < -0.4 is 10.6 Å². The van der Waals surface area contributed by atoms with Crippen molar-refractivity contribution in [1.82, 2.24) is 14.9 Å².